The monoisotopic (exact) mass is 240 g/mol. The average molecular weight is 240 g/mol. The van der Waals surface area contributed by atoms with Gasteiger partial charge in [-0.2, -0.15) is 0 Å². The van der Waals surface area contributed by atoms with Crippen LogP contribution >= 0.6 is 0 Å². The lowest BCUT2D eigenvalue weighted by atomic mass is 9.94. The minimum atomic E-state index is -1.67. The van der Waals surface area contributed by atoms with Gasteiger partial charge in [-0.25, -0.2) is 0 Å². The van der Waals surface area contributed by atoms with Crippen molar-refractivity contribution in [2.75, 3.05) is 0 Å². The Labute approximate surface area is 101 Å². The fraction of sp³-hybridized carbons (Fsp3) is 0.615. The van der Waals surface area contributed by atoms with Crippen LogP contribution in [0, 0.1) is 0 Å². The molecule has 0 bridgehead atoms. The summed E-state index contributed by atoms with van der Waals surface area (Å²) in [5.41, 5.74) is -1.14. The van der Waals surface area contributed by atoms with E-state index in [1.807, 2.05) is 19.1 Å². The van der Waals surface area contributed by atoms with Gasteiger partial charge in [0.1, 0.15) is 17.8 Å². The van der Waals surface area contributed by atoms with Gasteiger partial charge in [0.2, 0.25) is 0 Å². The number of hydrogen-bond donors (Lipinski definition) is 3. The first-order valence-electron chi connectivity index (χ1n) is 5.77. The van der Waals surface area contributed by atoms with Crippen molar-refractivity contribution < 1.29 is 20.1 Å². The highest BCUT2D eigenvalue weighted by Gasteiger charge is 2.49. The Morgan fingerprint density at radius 3 is 2.41 bits per heavy atom. The summed E-state index contributed by atoms with van der Waals surface area (Å²) in [5, 5.41) is 29.5. The second-order valence-corrected chi connectivity index (χ2v) is 4.66. The van der Waals surface area contributed by atoms with Crippen molar-refractivity contribution in [3.05, 3.63) is 23.3 Å². The van der Waals surface area contributed by atoms with Gasteiger partial charge >= 0.3 is 0 Å². The predicted octanol–water partition coefficient (Wildman–Crippen LogP) is 0.715. The first kappa shape index (κ1) is 14.1. The maximum absolute atomic E-state index is 11.9. The van der Waals surface area contributed by atoms with Gasteiger partial charge in [0.05, 0.1) is 0 Å². The summed E-state index contributed by atoms with van der Waals surface area (Å²) in [5.74, 6) is -0.218. The SMILES string of the molecule is CC=CCCC(=O)C1=C(C)[C@@H](O)[C@@](C)(O)[C@H]1O. The van der Waals surface area contributed by atoms with Crippen molar-refractivity contribution in [2.24, 2.45) is 0 Å². The Balaban J connectivity index is 2.86. The molecule has 0 aromatic heterocycles. The van der Waals surface area contributed by atoms with Crippen molar-refractivity contribution in [3.8, 4) is 0 Å². The molecule has 3 N–H and O–H groups in total. The standard InChI is InChI=1S/C13H20O4/c1-4-5-6-7-9(14)10-8(2)11(15)13(3,17)12(10)16/h4-5,11-12,15-17H,6-7H2,1-3H3/t11-,12+,13-/m1/s1. The Morgan fingerprint density at radius 2 is 2.00 bits per heavy atom. The van der Waals surface area contributed by atoms with Crippen LogP contribution < -0.4 is 0 Å². The third kappa shape index (κ3) is 2.49. The van der Waals surface area contributed by atoms with Crippen molar-refractivity contribution in [1.82, 2.24) is 0 Å². The van der Waals surface area contributed by atoms with E-state index in [1.54, 1.807) is 6.92 Å². The molecule has 1 rings (SSSR count). The molecule has 0 saturated heterocycles. The summed E-state index contributed by atoms with van der Waals surface area (Å²) >= 11 is 0. The summed E-state index contributed by atoms with van der Waals surface area (Å²) < 4.78 is 0. The molecule has 0 aliphatic heterocycles. The van der Waals surface area contributed by atoms with Gasteiger partial charge in [0, 0.05) is 12.0 Å². The van der Waals surface area contributed by atoms with E-state index in [9.17, 15) is 20.1 Å². The van der Waals surface area contributed by atoms with Gasteiger partial charge in [-0.1, -0.05) is 12.2 Å². The van der Waals surface area contributed by atoms with E-state index in [2.05, 4.69) is 0 Å². The number of carbonyl (C=O) groups is 1. The van der Waals surface area contributed by atoms with Gasteiger partial charge in [0.25, 0.3) is 0 Å². The maximum Gasteiger partial charge on any atom is 0.161 e. The Kier molecular flexibility index (Phi) is 4.25. The number of hydrogen-bond acceptors (Lipinski definition) is 4. The van der Waals surface area contributed by atoms with Crippen LogP contribution in [-0.2, 0) is 4.79 Å². The van der Waals surface area contributed by atoms with Crippen molar-refractivity contribution >= 4 is 5.78 Å². The molecule has 96 valence electrons. The molecule has 0 unspecified atom stereocenters. The van der Waals surface area contributed by atoms with E-state index in [0.717, 1.165) is 0 Å². The minimum Gasteiger partial charge on any atom is -0.386 e. The minimum absolute atomic E-state index is 0.159. The number of aliphatic hydroxyl groups is 3. The Hall–Kier alpha value is -0.970. The smallest absolute Gasteiger partial charge is 0.161 e. The molecular formula is C13H20O4. The summed E-state index contributed by atoms with van der Waals surface area (Å²) in [7, 11) is 0. The number of carbonyl (C=O) groups excluding carboxylic acids is 1. The van der Waals surface area contributed by atoms with Crippen molar-refractivity contribution in [1.29, 1.82) is 0 Å². The zero-order valence-corrected chi connectivity index (χ0v) is 10.5. The number of aliphatic hydroxyl groups excluding tert-OH is 2. The lowest BCUT2D eigenvalue weighted by molar-refractivity contribution is -0.120. The molecule has 0 saturated carbocycles. The molecular weight excluding hydrogens is 220 g/mol. The molecule has 0 amide bonds. The van der Waals surface area contributed by atoms with Crippen LogP contribution in [0.5, 0.6) is 0 Å². The molecule has 3 atom stereocenters. The first-order valence-corrected chi connectivity index (χ1v) is 5.77. The van der Waals surface area contributed by atoms with E-state index in [-0.39, 0.29) is 17.8 Å². The van der Waals surface area contributed by atoms with Crippen LogP contribution in [0.25, 0.3) is 0 Å². The quantitative estimate of drug-likeness (QED) is 0.633. The maximum atomic E-state index is 11.9. The van der Waals surface area contributed by atoms with Gasteiger partial charge in [0.15, 0.2) is 5.78 Å². The van der Waals surface area contributed by atoms with Crippen LogP contribution in [0.3, 0.4) is 0 Å². The van der Waals surface area contributed by atoms with Gasteiger partial charge < -0.3 is 15.3 Å². The number of rotatable bonds is 4. The van der Waals surface area contributed by atoms with Crippen molar-refractivity contribution in [2.45, 2.75) is 51.4 Å². The number of ketones is 1. The lowest BCUT2D eigenvalue weighted by Gasteiger charge is -2.26. The molecule has 0 aromatic rings. The van der Waals surface area contributed by atoms with Crippen LogP contribution in [0.1, 0.15) is 33.6 Å². The summed E-state index contributed by atoms with van der Waals surface area (Å²) in [4.78, 5) is 11.9. The molecule has 4 nitrogen and oxygen atoms in total. The van der Waals surface area contributed by atoms with Crippen LogP contribution in [-0.4, -0.2) is 38.9 Å². The number of allylic oxidation sites excluding steroid dienone is 2. The van der Waals surface area contributed by atoms with Gasteiger partial charge in [-0.15, -0.1) is 0 Å². The van der Waals surface area contributed by atoms with E-state index in [4.69, 9.17) is 0 Å². The molecule has 0 aromatic carbocycles. The molecule has 0 heterocycles. The largest absolute Gasteiger partial charge is 0.386 e. The zero-order chi connectivity index (χ0) is 13.2. The molecule has 0 fully saturated rings. The lowest BCUT2D eigenvalue weighted by Crippen LogP contribution is -2.45. The molecule has 0 radical (unpaired) electrons. The molecule has 1 aliphatic rings. The number of Topliss-reactive ketones (excluding diaryl/α,β-unsaturated/α-hetero) is 1. The highest BCUT2D eigenvalue weighted by atomic mass is 16.4. The van der Waals surface area contributed by atoms with E-state index in [0.29, 0.717) is 12.0 Å². The first-order chi connectivity index (χ1) is 7.84. The second kappa shape index (κ2) is 5.12. The van der Waals surface area contributed by atoms with Gasteiger partial charge in [-0.3, -0.25) is 4.79 Å². The molecule has 0 spiro atoms. The highest BCUT2D eigenvalue weighted by Crippen LogP contribution is 2.36. The molecule has 17 heavy (non-hydrogen) atoms. The fourth-order valence-corrected chi connectivity index (χ4v) is 2.13. The van der Waals surface area contributed by atoms with Crippen LogP contribution in [0.2, 0.25) is 0 Å². The normalized spacial score (nSPS) is 33.8. The predicted molar refractivity (Wildman–Crippen MR) is 64.4 cm³/mol. The van der Waals surface area contributed by atoms with Crippen molar-refractivity contribution in [3.63, 3.8) is 0 Å². The van der Waals surface area contributed by atoms with Crippen LogP contribution in [0.15, 0.2) is 23.3 Å². The van der Waals surface area contributed by atoms with E-state index < -0.39 is 17.8 Å². The third-order valence-electron chi connectivity index (χ3n) is 3.29. The Morgan fingerprint density at radius 1 is 1.41 bits per heavy atom. The van der Waals surface area contributed by atoms with Crippen LogP contribution in [0.4, 0.5) is 0 Å². The second-order valence-electron chi connectivity index (χ2n) is 4.66. The highest BCUT2D eigenvalue weighted by molar-refractivity contribution is 5.98. The zero-order valence-electron chi connectivity index (χ0n) is 10.5. The fourth-order valence-electron chi connectivity index (χ4n) is 2.13. The molecule has 4 heteroatoms. The van der Waals surface area contributed by atoms with E-state index in [1.165, 1.54) is 6.92 Å². The molecule has 1 aliphatic carbocycles. The van der Waals surface area contributed by atoms with E-state index >= 15 is 0 Å². The summed E-state index contributed by atoms with van der Waals surface area (Å²) in [6.45, 7) is 4.77. The Bertz CT molecular complexity index is 366. The topological polar surface area (TPSA) is 77.8 Å². The summed E-state index contributed by atoms with van der Waals surface area (Å²) in [6.07, 6.45) is 2.09. The third-order valence-corrected chi connectivity index (χ3v) is 3.29. The average Bonchev–Trinajstić information content (AvgIpc) is 2.41. The van der Waals surface area contributed by atoms with Gasteiger partial charge in [-0.05, 0) is 32.8 Å². The summed E-state index contributed by atoms with van der Waals surface area (Å²) in [6, 6.07) is 0.